The summed E-state index contributed by atoms with van der Waals surface area (Å²) < 4.78 is 0. The van der Waals surface area contributed by atoms with E-state index in [-0.39, 0.29) is 11.9 Å². The van der Waals surface area contributed by atoms with Crippen molar-refractivity contribution in [2.45, 2.75) is 19.4 Å². The fraction of sp³-hybridized carbons (Fsp3) is 0.250. The Hall–Kier alpha value is -2.16. The monoisotopic (exact) mass is 299 g/mol. The second kappa shape index (κ2) is 7.58. The summed E-state index contributed by atoms with van der Waals surface area (Å²) >= 11 is 1.55. The second-order valence-electron chi connectivity index (χ2n) is 4.39. The van der Waals surface area contributed by atoms with E-state index in [1.807, 2.05) is 24.4 Å². The largest absolute Gasteiger partial charge is 0.343 e. The summed E-state index contributed by atoms with van der Waals surface area (Å²) in [6, 6.07) is 7.13. The van der Waals surface area contributed by atoms with Crippen molar-refractivity contribution in [3.8, 4) is 11.8 Å². The summed E-state index contributed by atoms with van der Waals surface area (Å²) in [5.74, 6) is 5.61. The summed E-state index contributed by atoms with van der Waals surface area (Å²) in [6.45, 7) is 2.35. The van der Waals surface area contributed by atoms with Gasteiger partial charge in [-0.1, -0.05) is 18.8 Å². The van der Waals surface area contributed by atoms with Crippen LogP contribution in [0.15, 0.2) is 35.8 Å². The molecule has 0 aliphatic rings. The highest BCUT2D eigenvalue weighted by Gasteiger charge is 2.15. The number of aromatic nitrogens is 1. The van der Waals surface area contributed by atoms with Crippen molar-refractivity contribution < 1.29 is 4.79 Å². The molecule has 21 heavy (non-hydrogen) atoms. The molecule has 5 heteroatoms. The number of hydrogen-bond acceptors (Lipinski definition) is 4. The highest BCUT2D eigenvalue weighted by molar-refractivity contribution is 7.09. The smallest absolute Gasteiger partial charge is 0.251 e. The summed E-state index contributed by atoms with van der Waals surface area (Å²) in [5.41, 5.74) is 6.79. The molecule has 0 saturated heterocycles. The van der Waals surface area contributed by atoms with Gasteiger partial charge in [0.1, 0.15) is 5.01 Å². The molecule has 2 aromatic rings. The van der Waals surface area contributed by atoms with Gasteiger partial charge < -0.3 is 11.1 Å². The molecule has 0 spiro atoms. The SMILES string of the molecule is CCC(NC(=O)c1ccc(C#CCN)cc1)c1nccs1. The quantitative estimate of drug-likeness (QED) is 0.851. The molecule has 0 bridgehead atoms. The number of carbonyl (C=O) groups is 1. The number of nitrogens with one attached hydrogen (secondary N) is 1. The maximum Gasteiger partial charge on any atom is 0.251 e. The predicted octanol–water partition coefficient (Wildman–Crippen LogP) is 2.33. The first-order valence-corrected chi connectivity index (χ1v) is 7.61. The number of nitrogens with zero attached hydrogens (tertiary/aromatic N) is 1. The molecule has 0 fully saturated rings. The van der Waals surface area contributed by atoms with E-state index >= 15 is 0 Å². The van der Waals surface area contributed by atoms with E-state index in [1.165, 1.54) is 0 Å². The second-order valence-corrected chi connectivity index (χ2v) is 5.31. The minimum atomic E-state index is -0.101. The van der Waals surface area contributed by atoms with Crippen molar-refractivity contribution >= 4 is 17.2 Å². The molecule has 2 rings (SSSR count). The van der Waals surface area contributed by atoms with Crippen LogP contribution in [0.3, 0.4) is 0 Å². The summed E-state index contributed by atoms with van der Waals surface area (Å²) in [4.78, 5) is 16.5. The molecule has 108 valence electrons. The van der Waals surface area contributed by atoms with Gasteiger partial charge in [-0.3, -0.25) is 4.79 Å². The van der Waals surface area contributed by atoms with Crippen molar-refractivity contribution in [3.05, 3.63) is 52.0 Å². The van der Waals surface area contributed by atoms with Crippen molar-refractivity contribution in [1.82, 2.24) is 10.3 Å². The van der Waals surface area contributed by atoms with Gasteiger partial charge in [0, 0.05) is 22.7 Å². The fourth-order valence-corrected chi connectivity index (χ4v) is 2.62. The van der Waals surface area contributed by atoms with E-state index in [0.717, 1.165) is 17.0 Å². The van der Waals surface area contributed by atoms with E-state index in [1.54, 1.807) is 29.7 Å². The number of hydrogen-bond donors (Lipinski definition) is 2. The van der Waals surface area contributed by atoms with Gasteiger partial charge in [0.05, 0.1) is 12.6 Å². The van der Waals surface area contributed by atoms with Crippen LogP contribution in [0.4, 0.5) is 0 Å². The first-order valence-electron chi connectivity index (χ1n) is 6.73. The lowest BCUT2D eigenvalue weighted by atomic mass is 10.1. The lowest BCUT2D eigenvalue weighted by Gasteiger charge is -2.14. The molecule has 0 radical (unpaired) electrons. The van der Waals surface area contributed by atoms with Crippen molar-refractivity contribution in [1.29, 1.82) is 0 Å². The molecule has 1 amide bonds. The number of benzene rings is 1. The van der Waals surface area contributed by atoms with Crippen LogP contribution in [0.1, 0.15) is 40.3 Å². The summed E-state index contributed by atoms with van der Waals surface area (Å²) in [5, 5.41) is 5.84. The van der Waals surface area contributed by atoms with Crippen LogP contribution in [0, 0.1) is 11.8 Å². The Kier molecular flexibility index (Phi) is 5.50. The maximum atomic E-state index is 12.2. The van der Waals surface area contributed by atoms with Crippen molar-refractivity contribution in [2.75, 3.05) is 6.54 Å². The van der Waals surface area contributed by atoms with E-state index in [9.17, 15) is 4.79 Å². The van der Waals surface area contributed by atoms with Crippen LogP contribution in [-0.4, -0.2) is 17.4 Å². The third-order valence-electron chi connectivity index (χ3n) is 2.94. The maximum absolute atomic E-state index is 12.2. The van der Waals surface area contributed by atoms with Crippen molar-refractivity contribution in [2.24, 2.45) is 5.73 Å². The van der Waals surface area contributed by atoms with E-state index in [0.29, 0.717) is 12.1 Å². The molecule has 1 unspecified atom stereocenters. The number of amides is 1. The van der Waals surface area contributed by atoms with Crippen LogP contribution >= 0.6 is 11.3 Å². The standard InChI is InChI=1S/C16H17N3OS/c1-2-14(16-18-10-11-21-16)19-15(20)13-7-5-12(6-8-13)4-3-9-17/h5-8,10-11,14H,2,9,17H2,1H3,(H,19,20). The average molecular weight is 299 g/mol. The first kappa shape index (κ1) is 15.2. The van der Waals surface area contributed by atoms with Crippen LogP contribution < -0.4 is 11.1 Å². The number of nitrogens with two attached hydrogens (primary N) is 1. The summed E-state index contributed by atoms with van der Waals surface area (Å²) in [7, 11) is 0. The molecule has 0 saturated carbocycles. The van der Waals surface area contributed by atoms with E-state index in [2.05, 4.69) is 22.1 Å². The third-order valence-corrected chi connectivity index (χ3v) is 3.83. The third kappa shape index (κ3) is 4.15. The Morgan fingerprint density at radius 2 is 2.19 bits per heavy atom. The van der Waals surface area contributed by atoms with Gasteiger partial charge in [0.25, 0.3) is 5.91 Å². The van der Waals surface area contributed by atoms with Crippen LogP contribution in [0.2, 0.25) is 0 Å². The van der Waals surface area contributed by atoms with Crippen LogP contribution in [0.5, 0.6) is 0 Å². The zero-order valence-electron chi connectivity index (χ0n) is 11.8. The van der Waals surface area contributed by atoms with Gasteiger partial charge in [-0.2, -0.15) is 0 Å². The number of thiazole rings is 1. The Bertz CT molecular complexity index is 638. The van der Waals surface area contributed by atoms with E-state index in [4.69, 9.17) is 5.73 Å². The minimum absolute atomic E-state index is 0.0470. The zero-order chi connectivity index (χ0) is 15.1. The fourth-order valence-electron chi connectivity index (χ4n) is 1.84. The van der Waals surface area contributed by atoms with Gasteiger partial charge in [-0.15, -0.1) is 11.3 Å². The Balaban J connectivity index is 2.06. The van der Waals surface area contributed by atoms with E-state index < -0.39 is 0 Å². The molecule has 1 aromatic carbocycles. The van der Waals surface area contributed by atoms with Gasteiger partial charge >= 0.3 is 0 Å². The Morgan fingerprint density at radius 3 is 2.76 bits per heavy atom. The minimum Gasteiger partial charge on any atom is -0.343 e. The summed E-state index contributed by atoms with van der Waals surface area (Å²) in [6.07, 6.45) is 2.55. The molecule has 4 nitrogen and oxygen atoms in total. The number of carbonyl (C=O) groups excluding carboxylic acids is 1. The van der Waals surface area contributed by atoms with Crippen molar-refractivity contribution in [3.63, 3.8) is 0 Å². The molecule has 1 aromatic heterocycles. The molecule has 0 aliphatic carbocycles. The van der Waals surface area contributed by atoms with Crippen LogP contribution in [-0.2, 0) is 0 Å². The highest BCUT2D eigenvalue weighted by Crippen LogP contribution is 2.19. The van der Waals surface area contributed by atoms with Crippen LogP contribution in [0.25, 0.3) is 0 Å². The highest BCUT2D eigenvalue weighted by atomic mass is 32.1. The lowest BCUT2D eigenvalue weighted by Crippen LogP contribution is -2.28. The average Bonchev–Trinajstić information content (AvgIpc) is 3.05. The molecular weight excluding hydrogens is 282 g/mol. The Labute approximate surface area is 128 Å². The van der Waals surface area contributed by atoms with Gasteiger partial charge in [0.15, 0.2) is 0 Å². The van der Waals surface area contributed by atoms with Gasteiger partial charge in [-0.25, -0.2) is 4.98 Å². The molecule has 3 N–H and O–H groups in total. The van der Waals surface area contributed by atoms with Gasteiger partial charge in [-0.05, 0) is 30.7 Å². The van der Waals surface area contributed by atoms with Gasteiger partial charge in [0.2, 0.25) is 0 Å². The lowest BCUT2D eigenvalue weighted by molar-refractivity contribution is 0.0935. The molecule has 1 heterocycles. The molecule has 1 atom stereocenters. The normalized spacial score (nSPS) is 11.3. The zero-order valence-corrected chi connectivity index (χ0v) is 12.6. The Morgan fingerprint density at radius 1 is 1.43 bits per heavy atom. The topological polar surface area (TPSA) is 68.0 Å². The molecule has 0 aliphatic heterocycles. The predicted molar refractivity (Wildman–Crippen MR) is 85.0 cm³/mol. The number of rotatable bonds is 4. The molecular formula is C16H17N3OS. The first-order chi connectivity index (χ1) is 10.2.